The maximum absolute atomic E-state index is 11.7. The van der Waals surface area contributed by atoms with Gasteiger partial charge in [0.05, 0.1) is 0 Å². The van der Waals surface area contributed by atoms with Gasteiger partial charge in [-0.25, -0.2) is 8.78 Å². The van der Waals surface area contributed by atoms with Gasteiger partial charge in [-0.15, -0.1) is 0 Å². The Morgan fingerprint density at radius 1 is 1.00 bits per heavy atom. The molecule has 0 aliphatic carbocycles. The molecule has 1 atom stereocenters. The van der Waals surface area contributed by atoms with E-state index in [-0.39, 0.29) is 0 Å². The molecular formula is C3HCl2F5. The second-order valence-corrected chi connectivity index (χ2v) is 2.74. The van der Waals surface area contributed by atoms with E-state index in [2.05, 4.69) is 23.2 Å². The van der Waals surface area contributed by atoms with E-state index in [1.54, 1.807) is 0 Å². The van der Waals surface area contributed by atoms with Gasteiger partial charge in [-0.2, -0.15) is 13.2 Å². The van der Waals surface area contributed by atoms with Crippen molar-refractivity contribution in [3.8, 4) is 0 Å². The molecule has 0 radical (unpaired) electrons. The first-order valence-electron chi connectivity index (χ1n) is 1.93. The maximum atomic E-state index is 11.7. The standard InChI is InChI=1S/C3HCl2F5/c4-2(5,7)1(6)3(8,9)10/h1H. The molecule has 0 saturated heterocycles. The average molecular weight is 203 g/mol. The van der Waals surface area contributed by atoms with Crippen molar-refractivity contribution in [2.45, 2.75) is 16.9 Å². The molecule has 0 saturated carbocycles. The van der Waals surface area contributed by atoms with Crippen LogP contribution in [0.4, 0.5) is 22.0 Å². The van der Waals surface area contributed by atoms with Crippen molar-refractivity contribution < 1.29 is 22.0 Å². The normalized spacial score (nSPS) is 17.1. The Morgan fingerprint density at radius 2 is 1.30 bits per heavy atom. The number of rotatable bonds is 1. The zero-order chi connectivity index (χ0) is 8.58. The maximum Gasteiger partial charge on any atom is 0.425 e. The Balaban J connectivity index is 4.23. The first-order valence-corrected chi connectivity index (χ1v) is 2.69. The molecule has 0 nitrogen and oxygen atoms in total. The van der Waals surface area contributed by atoms with Crippen LogP contribution in [-0.2, 0) is 0 Å². The lowest BCUT2D eigenvalue weighted by Crippen LogP contribution is -2.36. The molecule has 0 amide bonds. The third-order valence-corrected chi connectivity index (χ3v) is 0.958. The highest BCUT2D eigenvalue weighted by Crippen LogP contribution is 2.38. The molecule has 0 spiro atoms. The molecule has 0 aromatic rings. The van der Waals surface area contributed by atoms with Crippen LogP contribution in [0.2, 0.25) is 0 Å². The minimum atomic E-state index is -5.36. The molecule has 1 unspecified atom stereocenters. The van der Waals surface area contributed by atoms with Crippen molar-refractivity contribution in [1.29, 1.82) is 0 Å². The molecule has 0 bridgehead atoms. The fraction of sp³-hybridized carbons (Fsp3) is 1.00. The average Bonchev–Trinajstić information content (AvgIpc) is 1.59. The summed E-state index contributed by atoms with van der Waals surface area (Å²) < 4.78 is 52.9. The highest BCUT2D eigenvalue weighted by atomic mass is 35.5. The lowest BCUT2D eigenvalue weighted by atomic mass is 10.4. The largest absolute Gasteiger partial charge is 0.425 e. The van der Waals surface area contributed by atoms with Crippen LogP contribution in [0.15, 0.2) is 0 Å². The van der Waals surface area contributed by atoms with Crippen LogP contribution in [0.5, 0.6) is 0 Å². The Bertz CT molecular complexity index is 99.0. The molecular weight excluding hydrogens is 202 g/mol. The van der Waals surface area contributed by atoms with Gasteiger partial charge in [0, 0.05) is 0 Å². The van der Waals surface area contributed by atoms with Gasteiger partial charge >= 0.3 is 6.18 Å². The van der Waals surface area contributed by atoms with E-state index in [1.807, 2.05) is 0 Å². The van der Waals surface area contributed by atoms with Crippen LogP contribution in [-0.4, -0.2) is 16.9 Å². The fourth-order valence-corrected chi connectivity index (χ4v) is 0.433. The van der Waals surface area contributed by atoms with Crippen molar-refractivity contribution in [2.24, 2.45) is 0 Å². The van der Waals surface area contributed by atoms with Crippen LogP contribution >= 0.6 is 23.2 Å². The fourth-order valence-electron chi connectivity index (χ4n) is 0.186. The van der Waals surface area contributed by atoms with E-state index in [0.717, 1.165) is 0 Å². The molecule has 0 N–H and O–H groups in total. The first-order chi connectivity index (χ1) is 4.15. The summed E-state index contributed by atoms with van der Waals surface area (Å²) in [5.74, 6) is 0. The van der Waals surface area contributed by atoms with Gasteiger partial charge < -0.3 is 0 Å². The van der Waals surface area contributed by atoms with Crippen molar-refractivity contribution in [3.63, 3.8) is 0 Å². The molecule has 0 aromatic carbocycles. The van der Waals surface area contributed by atoms with E-state index in [0.29, 0.717) is 0 Å². The van der Waals surface area contributed by atoms with E-state index >= 15 is 0 Å². The molecule has 62 valence electrons. The zero-order valence-electron chi connectivity index (χ0n) is 4.22. The summed E-state index contributed by atoms with van der Waals surface area (Å²) in [6.45, 7) is 0. The van der Waals surface area contributed by atoms with Gasteiger partial charge in [-0.1, -0.05) is 23.2 Å². The third-order valence-electron chi connectivity index (χ3n) is 0.575. The van der Waals surface area contributed by atoms with Crippen LogP contribution in [0.3, 0.4) is 0 Å². The molecule has 0 heterocycles. The molecule has 0 rings (SSSR count). The molecule has 0 aliphatic heterocycles. The quantitative estimate of drug-likeness (QED) is 0.453. The van der Waals surface area contributed by atoms with Crippen LogP contribution in [0, 0.1) is 0 Å². The highest BCUT2D eigenvalue weighted by Gasteiger charge is 2.54. The Morgan fingerprint density at radius 3 is 1.30 bits per heavy atom. The van der Waals surface area contributed by atoms with Gasteiger partial charge in [0.2, 0.25) is 0 Å². The van der Waals surface area contributed by atoms with Crippen molar-refractivity contribution >= 4 is 23.2 Å². The predicted molar refractivity (Wildman–Crippen MR) is 26.5 cm³/mol. The molecule has 0 fully saturated rings. The number of hydrogen-bond acceptors (Lipinski definition) is 0. The second kappa shape index (κ2) is 2.70. The molecule has 10 heavy (non-hydrogen) atoms. The van der Waals surface area contributed by atoms with Gasteiger partial charge in [-0.05, 0) is 0 Å². The first kappa shape index (κ1) is 10.2. The van der Waals surface area contributed by atoms with Gasteiger partial charge in [-0.3, -0.25) is 0 Å². The molecule has 7 heteroatoms. The van der Waals surface area contributed by atoms with Crippen molar-refractivity contribution in [1.82, 2.24) is 0 Å². The summed E-state index contributed by atoms with van der Waals surface area (Å²) in [6, 6.07) is 0. The predicted octanol–water partition coefficient (Wildman–Crippen LogP) is 2.99. The molecule has 0 aromatic heterocycles. The topological polar surface area (TPSA) is 0 Å². The van der Waals surface area contributed by atoms with E-state index < -0.39 is 16.9 Å². The van der Waals surface area contributed by atoms with Gasteiger partial charge in [0.15, 0.2) is 0 Å². The van der Waals surface area contributed by atoms with Gasteiger partial charge in [0.25, 0.3) is 10.8 Å². The Kier molecular flexibility index (Phi) is 2.76. The monoisotopic (exact) mass is 202 g/mol. The summed E-state index contributed by atoms with van der Waals surface area (Å²) in [6.07, 6.45) is -9.23. The summed E-state index contributed by atoms with van der Waals surface area (Å²) in [7, 11) is 0. The summed E-state index contributed by atoms with van der Waals surface area (Å²) in [5, 5.41) is 0. The Labute approximate surface area is 62.9 Å². The minimum Gasteiger partial charge on any atom is -0.231 e. The highest BCUT2D eigenvalue weighted by molar-refractivity contribution is 6.47. The Hall–Kier alpha value is 0.230. The smallest absolute Gasteiger partial charge is 0.231 e. The van der Waals surface area contributed by atoms with Gasteiger partial charge in [0.1, 0.15) is 0 Å². The van der Waals surface area contributed by atoms with Crippen molar-refractivity contribution in [2.75, 3.05) is 0 Å². The van der Waals surface area contributed by atoms with Crippen molar-refractivity contribution in [3.05, 3.63) is 0 Å². The lowest BCUT2D eigenvalue weighted by molar-refractivity contribution is -0.193. The minimum absolute atomic E-state index is 3.87. The number of halogens is 7. The second-order valence-electron chi connectivity index (χ2n) is 1.45. The summed E-state index contributed by atoms with van der Waals surface area (Å²) >= 11 is 8.34. The number of hydrogen-bond donors (Lipinski definition) is 0. The third kappa shape index (κ3) is 2.88. The number of alkyl halides is 7. The van der Waals surface area contributed by atoms with E-state index in [1.165, 1.54) is 0 Å². The van der Waals surface area contributed by atoms with E-state index in [9.17, 15) is 22.0 Å². The van der Waals surface area contributed by atoms with Crippen LogP contribution in [0.1, 0.15) is 0 Å². The molecule has 0 aliphatic rings. The van der Waals surface area contributed by atoms with Crippen LogP contribution < -0.4 is 0 Å². The summed E-state index contributed by atoms with van der Waals surface area (Å²) in [4.78, 5) is 0. The van der Waals surface area contributed by atoms with E-state index in [4.69, 9.17) is 0 Å². The van der Waals surface area contributed by atoms with Crippen LogP contribution in [0.25, 0.3) is 0 Å². The SMILES string of the molecule is FC(C(F)(F)F)C(F)(Cl)Cl. The zero-order valence-corrected chi connectivity index (χ0v) is 5.73. The summed E-state index contributed by atoms with van der Waals surface area (Å²) in [5.41, 5.74) is 0. The lowest BCUT2D eigenvalue weighted by Gasteiger charge is -2.17.